The molecule has 0 radical (unpaired) electrons. The molecular formula is C18H23F3N4O2. The third-order valence-electron chi connectivity index (χ3n) is 4.85. The number of pyridine rings is 1. The van der Waals surface area contributed by atoms with Gasteiger partial charge in [-0.05, 0) is 38.0 Å². The zero-order chi connectivity index (χ0) is 19.8. The molecule has 2 aliphatic rings. The van der Waals surface area contributed by atoms with Crippen LogP contribution in [-0.2, 0) is 4.79 Å². The van der Waals surface area contributed by atoms with E-state index in [9.17, 15) is 18.0 Å². The number of amides is 1. The van der Waals surface area contributed by atoms with Gasteiger partial charge in [0.1, 0.15) is 22.8 Å². The van der Waals surface area contributed by atoms with Crippen LogP contribution in [0.15, 0.2) is 17.3 Å². The molecule has 6 nitrogen and oxygen atoms in total. The van der Waals surface area contributed by atoms with Crippen LogP contribution in [0.25, 0.3) is 0 Å². The molecule has 1 aromatic rings. The zero-order valence-electron chi connectivity index (χ0n) is 15.1. The molecule has 1 heterocycles. The first-order chi connectivity index (χ1) is 12.6. The maximum absolute atomic E-state index is 12.5. The molecular weight excluding hydrogens is 361 g/mol. The first kappa shape index (κ1) is 19.4. The number of alkyl halides is 3. The van der Waals surface area contributed by atoms with Gasteiger partial charge in [-0.1, -0.05) is 12.8 Å². The van der Waals surface area contributed by atoms with E-state index >= 15 is 0 Å². The van der Waals surface area contributed by atoms with Gasteiger partial charge in [-0.2, -0.15) is 13.2 Å². The number of nitrogens with two attached hydrogens (primary N) is 2. The average molecular weight is 384 g/mol. The van der Waals surface area contributed by atoms with Crippen LogP contribution in [0.1, 0.15) is 56.2 Å². The summed E-state index contributed by atoms with van der Waals surface area (Å²) in [6.07, 6.45) is 1.31. The quantitative estimate of drug-likeness (QED) is 0.531. The van der Waals surface area contributed by atoms with Gasteiger partial charge < -0.3 is 16.2 Å². The topological polar surface area (TPSA) is 104 Å². The fourth-order valence-electron chi connectivity index (χ4n) is 2.98. The molecule has 1 unspecified atom stereocenters. The average Bonchev–Trinajstić information content (AvgIpc) is 3.46. The maximum atomic E-state index is 12.5. The fraction of sp³-hybridized carbons (Fsp3) is 0.611. The summed E-state index contributed by atoms with van der Waals surface area (Å²) in [5.41, 5.74) is 11.1. The number of amidine groups is 1. The van der Waals surface area contributed by atoms with Crippen LogP contribution in [0.4, 0.5) is 13.2 Å². The highest BCUT2D eigenvalue weighted by Crippen LogP contribution is 2.44. The Morgan fingerprint density at radius 3 is 2.48 bits per heavy atom. The van der Waals surface area contributed by atoms with Crippen LogP contribution < -0.4 is 16.2 Å². The Morgan fingerprint density at radius 1 is 1.30 bits per heavy atom. The van der Waals surface area contributed by atoms with Gasteiger partial charge in [0, 0.05) is 17.8 Å². The van der Waals surface area contributed by atoms with Crippen molar-refractivity contribution in [1.82, 2.24) is 4.98 Å². The number of aromatic nitrogens is 1. The van der Waals surface area contributed by atoms with Crippen LogP contribution in [0.3, 0.4) is 0 Å². The van der Waals surface area contributed by atoms with Crippen LogP contribution in [-0.4, -0.2) is 35.0 Å². The number of nitrogens with zero attached hydrogens (tertiary/aromatic N) is 2. The Balaban J connectivity index is 1.86. The third kappa shape index (κ3) is 5.11. The summed E-state index contributed by atoms with van der Waals surface area (Å²) in [7, 11) is 0. The molecule has 148 valence electrons. The van der Waals surface area contributed by atoms with Crippen molar-refractivity contribution in [3.8, 4) is 5.75 Å². The first-order valence-electron chi connectivity index (χ1n) is 8.92. The predicted octanol–water partition coefficient (Wildman–Crippen LogP) is 2.65. The monoisotopic (exact) mass is 384 g/mol. The standard InChI is InChI=1S/C18H23F3N4O2/c1-17(16(23)26,7-10-2-3-10)25-15(22)13-6-14(27-9-18(19,20)21)12(8-24-13)11-4-5-11/h6,8,10-11H,2-5,7,9H2,1H3,(H2,22,25)(H2,23,26). The van der Waals surface area contributed by atoms with Crippen molar-refractivity contribution in [3.63, 3.8) is 0 Å². The molecule has 0 aliphatic heterocycles. The number of aliphatic imine (C=N–C) groups is 1. The fourth-order valence-corrected chi connectivity index (χ4v) is 2.98. The van der Waals surface area contributed by atoms with Gasteiger partial charge in [0.05, 0.1) is 0 Å². The van der Waals surface area contributed by atoms with Crippen LogP contribution >= 0.6 is 0 Å². The van der Waals surface area contributed by atoms with Crippen LogP contribution in [0.5, 0.6) is 5.75 Å². The van der Waals surface area contributed by atoms with Crippen molar-refractivity contribution in [2.75, 3.05) is 6.61 Å². The lowest BCUT2D eigenvalue weighted by Gasteiger charge is -2.22. The molecule has 4 N–H and O–H groups in total. The molecule has 2 fully saturated rings. The van der Waals surface area contributed by atoms with Crippen molar-refractivity contribution in [3.05, 3.63) is 23.5 Å². The summed E-state index contributed by atoms with van der Waals surface area (Å²) in [5.74, 6) is -0.00812. The molecule has 1 aromatic heterocycles. The molecule has 2 saturated carbocycles. The van der Waals surface area contributed by atoms with E-state index in [1.54, 1.807) is 6.92 Å². The number of hydrogen-bond donors (Lipinski definition) is 2. The lowest BCUT2D eigenvalue weighted by molar-refractivity contribution is -0.153. The predicted molar refractivity (Wildman–Crippen MR) is 93.4 cm³/mol. The Labute approximate surface area is 155 Å². The number of halogens is 3. The van der Waals surface area contributed by atoms with Crippen LogP contribution in [0.2, 0.25) is 0 Å². The van der Waals surface area contributed by atoms with Crippen LogP contribution in [0, 0.1) is 5.92 Å². The van der Waals surface area contributed by atoms with Gasteiger partial charge >= 0.3 is 6.18 Å². The van der Waals surface area contributed by atoms with E-state index in [4.69, 9.17) is 16.2 Å². The molecule has 0 saturated heterocycles. The van der Waals surface area contributed by atoms with Gasteiger partial charge in [-0.15, -0.1) is 0 Å². The van der Waals surface area contributed by atoms with Crippen molar-refractivity contribution in [2.24, 2.45) is 22.4 Å². The Bertz CT molecular complexity index is 757. The second-order valence-corrected chi connectivity index (χ2v) is 7.57. The number of primary amides is 1. The van der Waals surface area contributed by atoms with Gasteiger partial charge in [-0.3, -0.25) is 14.8 Å². The van der Waals surface area contributed by atoms with Gasteiger partial charge in [-0.25, -0.2) is 0 Å². The van der Waals surface area contributed by atoms with Gasteiger partial charge in [0.2, 0.25) is 5.91 Å². The summed E-state index contributed by atoms with van der Waals surface area (Å²) in [6.45, 7) is 0.216. The van der Waals surface area contributed by atoms with E-state index in [2.05, 4.69) is 9.98 Å². The van der Waals surface area contributed by atoms with Crippen molar-refractivity contribution in [2.45, 2.75) is 56.7 Å². The molecule has 3 rings (SSSR count). The second-order valence-electron chi connectivity index (χ2n) is 7.57. The van der Waals surface area contributed by atoms with E-state index in [0.717, 1.165) is 25.7 Å². The van der Waals surface area contributed by atoms with Crippen molar-refractivity contribution in [1.29, 1.82) is 0 Å². The molecule has 0 aromatic carbocycles. The first-order valence-corrected chi connectivity index (χ1v) is 8.92. The number of ether oxygens (including phenoxy) is 1. The number of carbonyl (C=O) groups excluding carboxylic acids is 1. The highest BCUT2D eigenvalue weighted by Gasteiger charge is 2.38. The summed E-state index contributed by atoms with van der Waals surface area (Å²) in [4.78, 5) is 20.4. The highest BCUT2D eigenvalue weighted by atomic mass is 19.4. The normalized spacial score (nSPS) is 20.2. The summed E-state index contributed by atoms with van der Waals surface area (Å²) < 4.78 is 42.6. The Kier molecular flexibility index (Phi) is 5.05. The smallest absolute Gasteiger partial charge is 0.422 e. The van der Waals surface area contributed by atoms with E-state index in [1.165, 1.54) is 12.3 Å². The summed E-state index contributed by atoms with van der Waals surface area (Å²) in [5, 5.41) is 0. The maximum Gasteiger partial charge on any atom is 0.422 e. The lowest BCUT2D eigenvalue weighted by atomic mass is 9.94. The molecule has 0 bridgehead atoms. The summed E-state index contributed by atoms with van der Waals surface area (Å²) in [6, 6.07) is 1.36. The second kappa shape index (κ2) is 7.01. The van der Waals surface area contributed by atoms with E-state index in [1.807, 2.05) is 0 Å². The Morgan fingerprint density at radius 2 is 1.96 bits per heavy atom. The number of hydrogen-bond acceptors (Lipinski definition) is 4. The molecule has 27 heavy (non-hydrogen) atoms. The molecule has 2 aliphatic carbocycles. The van der Waals surface area contributed by atoms with Crippen molar-refractivity contribution >= 4 is 11.7 Å². The van der Waals surface area contributed by atoms with Gasteiger partial charge in [0.25, 0.3) is 0 Å². The lowest BCUT2D eigenvalue weighted by Crippen LogP contribution is -2.41. The molecule has 9 heteroatoms. The zero-order valence-corrected chi connectivity index (χ0v) is 15.1. The van der Waals surface area contributed by atoms with Gasteiger partial charge in [0.15, 0.2) is 6.61 Å². The SMILES string of the molecule is CC(CC1CC1)(N=C(N)c1cc(OCC(F)(F)F)c(C2CC2)cn1)C(N)=O. The Hall–Kier alpha value is -2.32. The van der Waals surface area contributed by atoms with Crippen molar-refractivity contribution < 1.29 is 22.7 Å². The van der Waals surface area contributed by atoms with E-state index < -0.39 is 24.2 Å². The molecule has 1 atom stereocenters. The highest BCUT2D eigenvalue weighted by molar-refractivity contribution is 5.98. The third-order valence-corrected chi connectivity index (χ3v) is 4.85. The van der Waals surface area contributed by atoms with E-state index in [-0.39, 0.29) is 23.2 Å². The largest absolute Gasteiger partial charge is 0.484 e. The molecule has 1 amide bonds. The molecule has 0 spiro atoms. The minimum absolute atomic E-state index is 0.0452. The van der Waals surface area contributed by atoms with E-state index in [0.29, 0.717) is 17.9 Å². The minimum atomic E-state index is -4.45. The summed E-state index contributed by atoms with van der Waals surface area (Å²) >= 11 is 0. The number of rotatable bonds is 8. The minimum Gasteiger partial charge on any atom is -0.484 e. The number of carbonyl (C=O) groups is 1.